The minimum atomic E-state index is -0.645. The molecule has 2 rings (SSSR count). The zero-order valence-electron chi connectivity index (χ0n) is 11.4. The summed E-state index contributed by atoms with van der Waals surface area (Å²) >= 11 is 3.39. The largest absolute Gasteiger partial charge is 0.335 e. The number of carbonyl (C=O) groups is 1. The number of nitro benzene ring substituents is 1. The van der Waals surface area contributed by atoms with Crippen molar-refractivity contribution in [2.24, 2.45) is 0 Å². The minimum absolute atomic E-state index is 0.0112. The topological polar surface area (TPSA) is 63.4 Å². The fourth-order valence-corrected chi connectivity index (χ4v) is 3.27. The smallest absolute Gasteiger partial charge is 0.282 e. The van der Waals surface area contributed by atoms with Crippen LogP contribution >= 0.6 is 15.9 Å². The fourth-order valence-electron chi connectivity index (χ4n) is 2.60. The number of alkyl halides is 1. The first-order valence-electron chi connectivity index (χ1n) is 6.85. The second-order valence-corrected chi connectivity index (χ2v) is 5.72. The van der Waals surface area contributed by atoms with Gasteiger partial charge in [0.1, 0.15) is 11.4 Å². The molecule has 0 aromatic heterocycles. The van der Waals surface area contributed by atoms with Crippen molar-refractivity contribution in [1.29, 1.82) is 0 Å². The summed E-state index contributed by atoms with van der Waals surface area (Å²) in [6, 6.07) is 2.99. The Balaban J connectivity index is 2.37. The van der Waals surface area contributed by atoms with Crippen LogP contribution in [0.1, 0.15) is 36.0 Å². The second-order valence-electron chi connectivity index (χ2n) is 5.07. The van der Waals surface area contributed by atoms with Crippen LogP contribution in [0.25, 0.3) is 0 Å². The lowest BCUT2D eigenvalue weighted by atomic mass is 10.1. The molecule has 0 saturated carbocycles. The molecule has 1 aromatic rings. The molecule has 1 heterocycles. The molecular weight excluding hydrogens is 343 g/mol. The maximum atomic E-state index is 13.4. The van der Waals surface area contributed by atoms with Crippen LogP contribution in [0.15, 0.2) is 18.2 Å². The number of halogens is 2. The molecule has 0 bridgehead atoms. The van der Waals surface area contributed by atoms with Crippen molar-refractivity contribution < 1.29 is 14.1 Å². The Morgan fingerprint density at radius 1 is 1.43 bits per heavy atom. The molecule has 1 saturated heterocycles. The molecule has 0 N–H and O–H groups in total. The van der Waals surface area contributed by atoms with E-state index in [9.17, 15) is 19.3 Å². The Morgan fingerprint density at radius 2 is 2.19 bits per heavy atom. The van der Waals surface area contributed by atoms with Crippen LogP contribution in [-0.4, -0.2) is 33.6 Å². The standard InChI is InChI=1S/C14H16BrFN2O3/c15-9-11-4-2-1-3-7-17(11)14(19)12-8-10(16)5-6-13(12)18(20)21/h5-6,8,11H,1-4,7,9H2. The van der Waals surface area contributed by atoms with E-state index in [1.807, 2.05) is 0 Å². The van der Waals surface area contributed by atoms with Crippen molar-refractivity contribution in [3.63, 3.8) is 0 Å². The van der Waals surface area contributed by atoms with E-state index >= 15 is 0 Å². The Hall–Kier alpha value is -1.50. The summed E-state index contributed by atoms with van der Waals surface area (Å²) in [5.41, 5.74) is -0.521. The molecule has 0 radical (unpaired) electrons. The van der Waals surface area contributed by atoms with Gasteiger partial charge in [-0.05, 0) is 25.0 Å². The number of amides is 1. The Labute approximate surface area is 130 Å². The summed E-state index contributed by atoms with van der Waals surface area (Å²) in [6.07, 6.45) is 3.75. The monoisotopic (exact) mass is 358 g/mol. The van der Waals surface area contributed by atoms with Crippen molar-refractivity contribution in [3.8, 4) is 0 Å². The molecule has 1 amide bonds. The predicted octanol–water partition coefficient (Wildman–Crippen LogP) is 3.51. The van der Waals surface area contributed by atoms with Gasteiger partial charge in [0.15, 0.2) is 0 Å². The number of benzene rings is 1. The average molecular weight is 359 g/mol. The van der Waals surface area contributed by atoms with Gasteiger partial charge in [0.25, 0.3) is 11.6 Å². The van der Waals surface area contributed by atoms with Crippen molar-refractivity contribution in [2.75, 3.05) is 11.9 Å². The van der Waals surface area contributed by atoms with Gasteiger partial charge in [-0.2, -0.15) is 0 Å². The average Bonchev–Trinajstić information content (AvgIpc) is 2.71. The highest BCUT2D eigenvalue weighted by Crippen LogP contribution is 2.25. The number of hydrogen-bond donors (Lipinski definition) is 0. The van der Waals surface area contributed by atoms with Crippen LogP contribution in [0.4, 0.5) is 10.1 Å². The van der Waals surface area contributed by atoms with Gasteiger partial charge in [0.05, 0.1) is 4.92 Å². The summed E-state index contributed by atoms with van der Waals surface area (Å²) in [5, 5.41) is 11.7. The lowest BCUT2D eigenvalue weighted by Gasteiger charge is -2.28. The highest BCUT2D eigenvalue weighted by Gasteiger charge is 2.30. The molecule has 0 spiro atoms. The van der Waals surface area contributed by atoms with E-state index in [0.29, 0.717) is 11.9 Å². The van der Waals surface area contributed by atoms with E-state index < -0.39 is 16.6 Å². The van der Waals surface area contributed by atoms with E-state index in [4.69, 9.17) is 0 Å². The summed E-state index contributed by atoms with van der Waals surface area (Å²) in [4.78, 5) is 24.7. The molecule has 1 aliphatic rings. The Morgan fingerprint density at radius 3 is 2.86 bits per heavy atom. The Kier molecular flexibility index (Phi) is 5.27. The van der Waals surface area contributed by atoms with Crippen molar-refractivity contribution in [3.05, 3.63) is 39.7 Å². The van der Waals surface area contributed by atoms with Crippen LogP contribution in [0.3, 0.4) is 0 Å². The van der Waals surface area contributed by atoms with E-state index in [1.165, 1.54) is 0 Å². The first-order valence-corrected chi connectivity index (χ1v) is 7.97. The zero-order valence-corrected chi connectivity index (χ0v) is 13.0. The van der Waals surface area contributed by atoms with Crippen LogP contribution in [0.5, 0.6) is 0 Å². The molecule has 1 atom stereocenters. The van der Waals surface area contributed by atoms with Gasteiger partial charge in [0, 0.05) is 24.0 Å². The zero-order chi connectivity index (χ0) is 15.4. The number of carbonyl (C=O) groups excluding carboxylic acids is 1. The van der Waals surface area contributed by atoms with Crippen LogP contribution in [0.2, 0.25) is 0 Å². The summed E-state index contributed by atoms with van der Waals surface area (Å²) < 4.78 is 13.4. The summed E-state index contributed by atoms with van der Waals surface area (Å²) in [6.45, 7) is 0.544. The van der Waals surface area contributed by atoms with Crippen molar-refractivity contribution in [2.45, 2.75) is 31.7 Å². The van der Waals surface area contributed by atoms with Gasteiger partial charge in [0.2, 0.25) is 0 Å². The fraction of sp³-hybridized carbons (Fsp3) is 0.500. The number of nitro groups is 1. The first-order chi connectivity index (χ1) is 10.0. The third-order valence-electron chi connectivity index (χ3n) is 3.70. The third-order valence-corrected chi connectivity index (χ3v) is 4.45. The molecule has 1 unspecified atom stereocenters. The molecule has 1 aromatic carbocycles. The van der Waals surface area contributed by atoms with Crippen molar-refractivity contribution in [1.82, 2.24) is 4.90 Å². The molecule has 1 fully saturated rings. The first kappa shape index (κ1) is 15.9. The van der Waals surface area contributed by atoms with Gasteiger partial charge in [-0.3, -0.25) is 14.9 Å². The van der Waals surface area contributed by atoms with E-state index in [1.54, 1.807) is 4.90 Å². The lowest BCUT2D eigenvalue weighted by Crippen LogP contribution is -2.41. The van der Waals surface area contributed by atoms with Crippen molar-refractivity contribution >= 4 is 27.5 Å². The highest BCUT2D eigenvalue weighted by atomic mass is 79.9. The maximum absolute atomic E-state index is 13.4. The van der Waals surface area contributed by atoms with Crippen LogP contribution < -0.4 is 0 Å². The SMILES string of the molecule is O=C(c1cc(F)ccc1[N+](=O)[O-])N1CCCCCC1CBr. The molecule has 0 aliphatic carbocycles. The number of hydrogen-bond acceptors (Lipinski definition) is 3. The number of rotatable bonds is 3. The summed E-state index contributed by atoms with van der Waals surface area (Å²) in [7, 11) is 0. The molecule has 21 heavy (non-hydrogen) atoms. The number of nitrogens with zero attached hydrogens (tertiary/aromatic N) is 2. The van der Waals surface area contributed by atoms with E-state index in [0.717, 1.165) is 43.9 Å². The normalized spacial score (nSPS) is 19.1. The van der Waals surface area contributed by atoms with Gasteiger partial charge in [-0.1, -0.05) is 28.8 Å². The molecule has 7 heteroatoms. The van der Waals surface area contributed by atoms with Crippen LogP contribution in [0, 0.1) is 15.9 Å². The quantitative estimate of drug-likeness (QED) is 0.471. The second kappa shape index (κ2) is 6.98. The van der Waals surface area contributed by atoms with Gasteiger partial charge in [-0.15, -0.1) is 0 Å². The molecule has 1 aliphatic heterocycles. The maximum Gasteiger partial charge on any atom is 0.282 e. The predicted molar refractivity (Wildman–Crippen MR) is 80.1 cm³/mol. The number of likely N-dealkylation sites (tertiary alicyclic amines) is 1. The van der Waals surface area contributed by atoms with E-state index in [2.05, 4.69) is 15.9 Å². The van der Waals surface area contributed by atoms with Gasteiger partial charge in [-0.25, -0.2) is 4.39 Å². The molecule has 5 nitrogen and oxygen atoms in total. The highest BCUT2D eigenvalue weighted by molar-refractivity contribution is 9.09. The van der Waals surface area contributed by atoms with Crippen LogP contribution in [-0.2, 0) is 0 Å². The lowest BCUT2D eigenvalue weighted by molar-refractivity contribution is -0.385. The third kappa shape index (κ3) is 3.58. The van der Waals surface area contributed by atoms with Gasteiger partial charge < -0.3 is 4.90 Å². The molecular formula is C14H16BrFN2O3. The summed E-state index contributed by atoms with van der Waals surface area (Å²) in [5.74, 6) is -1.11. The van der Waals surface area contributed by atoms with Gasteiger partial charge >= 0.3 is 0 Å². The Bertz CT molecular complexity index is 553. The minimum Gasteiger partial charge on any atom is -0.335 e. The molecule has 114 valence electrons. The van der Waals surface area contributed by atoms with E-state index in [-0.39, 0.29) is 17.3 Å².